The highest BCUT2D eigenvalue weighted by Crippen LogP contribution is 2.26. The van der Waals surface area contributed by atoms with Crippen molar-refractivity contribution in [1.29, 1.82) is 0 Å². The first-order valence-corrected chi connectivity index (χ1v) is 12.4. The van der Waals surface area contributed by atoms with Crippen LogP contribution in [0.25, 0.3) is 16.6 Å². The number of fused-ring (bicyclic) bond motifs is 1. The maximum atomic E-state index is 13.4. The van der Waals surface area contributed by atoms with Crippen molar-refractivity contribution < 1.29 is 0 Å². The van der Waals surface area contributed by atoms with Gasteiger partial charge >= 0.3 is 5.69 Å². The summed E-state index contributed by atoms with van der Waals surface area (Å²) in [6.07, 6.45) is 9.54. The first-order valence-electron chi connectivity index (χ1n) is 12.4. The Morgan fingerprint density at radius 3 is 2.30 bits per heavy atom. The number of pyridine rings is 1. The van der Waals surface area contributed by atoms with Gasteiger partial charge in [0.05, 0.1) is 6.54 Å². The summed E-state index contributed by atoms with van der Waals surface area (Å²) in [6, 6.07) is 11.9. The van der Waals surface area contributed by atoms with E-state index in [9.17, 15) is 9.59 Å². The van der Waals surface area contributed by atoms with Crippen LogP contribution >= 0.6 is 0 Å². The second kappa shape index (κ2) is 10.4. The Balaban J connectivity index is 1.88. The summed E-state index contributed by atoms with van der Waals surface area (Å²) in [4.78, 5) is 30.6. The van der Waals surface area contributed by atoms with Crippen molar-refractivity contribution in [3.8, 4) is 0 Å². The van der Waals surface area contributed by atoms with Gasteiger partial charge in [-0.15, -0.1) is 0 Å². The number of hydrogen-bond donors (Lipinski definition) is 1. The zero-order valence-corrected chi connectivity index (χ0v) is 22.3. The Bertz CT molecular complexity index is 1580. The second-order valence-electron chi connectivity index (χ2n) is 10.3. The number of nitrogens with zero attached hydrogens (tertiary/aromatic N) is 5. The molecular formula is C29H34N6O2. The molecule has 8 nitrogen and oxygen atoms in total. The Labute approximate surface area is 216 Å². The van der Waals surface area contributed by atoms with Crippen molar-refractivity contribution in [2.75, 3.05) is 5.32 Å². The minimum atomic E-state index is -0.382. The molecule has 0 radical (unpaired) electrons. The van der Waals surface area contributed by atoms with Crippen LogP contribution in [0.4, 0.5) is 11.5 Å². The summed E-state index contributed by atoms with van der Waals surface area (Å²) in [7, 11) is 1.51. The van der Waals surface area contributed by atoms with Crippen molar-refractivity contribution in [3.05, 3.63) is 99.0 Å². The van der Waals surface area contributed by atoms with Crippen LogP contribution < -0.4 is 16.6 Å². The largest absolute Gasteiger partial charge is 0.340 e. The Hall–Kier alpha value is -4.20. The summed E-state index contributed by atoms with van der Waals surface area (Å²) in [5, 5.41) is 8.56. The van der Waals surface area contributed by atoms with Crippen molar-refractivity contribution >= 4 is 28.1 Å². The van der Waals surface area contributed by atoms with Crippen LogP contribution in [0.1, 0.15) is 45.7 Å². The van der Waals surface area contributed by atoms with Crippen molar-refractivity contribution in [1.82, 2.24) is 23.9 Å². The Kier molecular flexibility index (Phi) is 7.29. The molecule has 0 unspecified atom stereocenters. The van der Waals surface area contributed by atoms with Gasteiger partial charge in [0.2, 0.25) is 0 Å². The normalized spacial score (nSPS) is 12.5. The molecule has 3 aromatic heterocycles. The number of rotatable bonds is 7. The van der Waals surface area contributed by atoms with E-state index >= 15 is 0 Å². The highest BCUT2D eigenvalue weighted by atomic mass is 16.2. The lowest BCUT2D eigenvalue weighted by Crippen LogP contribution is -2.40. The molecule has 3 heterocycles. The lowest BCUT2D eigenvalue weighted by Gasteiger charge is -2.20. The molecule has 0 saturated carbocycles. The third-order valence-corrected chi connectivity index (χ3v) is 6.08. The van der Waals surface area contributed by atoms with Gasteiger partial charge in [-0.3, -0.25) is 18.9 Å². The molecule has 0 aliphatic heterocycles. The smallest absolute Gasteiger partial charge is 0.332 e. The third kappa shape index (κ3) is 5.48. The molecule has 0 fully saturated rings. The van der Waals surface area contributed by atoms with Crippen LogP contribution in [0.2, 0.25) is 0 Å². The van der Waals surface area contributed by atoms with Gasteiger partial charge < -0.3 is 5.32 Å². The number of allylic oxidation sites excluding steroid dienone is 4. The fourth-order valence-corrected chi connectivity index (χ4v) is 4.31. The highest BCUT2D eigenvalue weighted by Gasteiger charge is 2.24. The molecule has 0 spiro atoms. The van der Waals surface area contributed by atoms with Crippen molar-refractivity contribution in [3.63, 3.8) is 0 Å². The van der Waals surface area contributed by atoms with Gasteiger partial charge in [-0.2, -0.15) is 5.10 Å². The SMILES string of the molecule is C/C=C\C(=C/C)c1ccc(Cn2nc3c(c2Nc2ccncc2)c(=O)n(C)c(=O)n3CC(C)(C)C)cc1. The first kappa shape index (κ1) is 25.9. The topological polar surface area (TPSA) is 86.7 Å². The third-order valence-electron chi connectivity index (χ3n) is 6.08. The molecule has 192 valence electrons. The van der Waals surface area contributed by atoms with Gasteiger partial charge in [0.25, 0.3) is 5.56 Å². The molecule has 1 aromatic carbocycles. The molecule has 0 aliphatic rings. The molecule has 0 bridgehead atoms. The van der Waals surface area contributed by atoms with Gasteiger partial charge in [0, 0.05) is 31.7 Å². The number of aromatic nitrogens is 5. The molecule has 1 N–H and O–H groups in total. The molecule has 0 aliphatic carbocycles. The van der Waals surface area contributed by atoms with Crippen LogP contribution in [-0.2, 0) is 20.1 Å². The van der Waals surface area contributed by atoms with E-state index in [1.54, 1.807) is 21.6 Å². The molecule has 4 rings (SSSR count). The quantitative estimate of drug-likeness (QED) is 0.358. The Morgan fingerprint density at radius 2 is 1.70 bits per heavy atom. The molecule has 4 aromatic rings. The minimum absolute atomic E-state index is 0.191. The van der Waals surface area contributed by atoms with E-state index in [2.05, 4.69) is 67.5 Å². The average Bonchev–Trinajstić information content (AvgIpc) is 3.22. The molecule has 37 heavy (non-hydrogen) atoms. The van der Waals surface area contributed by atoms with Gasteiger partial charge in [-0.1, -0.05) is 63.3 Å². The zero-order valence-electron chi connectivity index (χ0n) is 22.3. The van der Waals surface area contributed by atoms with Crippen molar-refractivity contribution in [2.24, 2.45) is 12.5 Å². The molecule has 0 saturated heterocycles. The van der Waals surface area contributed by atoms with E-state index in [4.69, 9.17) is 5.10 Å². The molecular weight excluding hydrogens is 464 g/mol. The summed E-state index contributed by atoms with van der Waals surface area (Å²) in [5.41, 5.74) is 3.49. The van der Waals surface area contributed by atoms with Gasteiger partial charge in [0.1, 0.15) is 11.2 Å². The number of anilines is 2. The zero-order chi connectivity index (χ0) is 26.7. The van der Waals surface area contributed by atoms with Crippen LogP contribution in [0.15, 0.2) is 76.6 Å². The maximum absolute atomic E-state index is 13.4. The summed E-state index contributed by atoms with van der Waals surface area (Å²) < 4.78 is 4.53. The van der Waals surface area contributed by atoms with Crippen LogP contribution in [-0.4, -0.2) is 23.9 Å². The van der Waals surface area contributed by atoms with E-state index in [-0.39, 0.29) is 16.7 Å². The summed E-state index contributed by atoms with van der Waals surface area (Å²) >= 11 is 0. The van der Waals surface area contributed by atoms with E-state index in [0.717, 1.165) is 27.0 Å². The lowest BCUT2D eigenvalue weighted by molar-refractivity contribution is 0.337. The number of hydrogen-bond acceptors (Lipinski definition) is 5. The van der Waals surface area contributed by atoms with Gasteiger partial charge in [0.15, 0.2) is 5.65 Å². The predicted octanol–water partition coefficient (Wildman–Crippen LogP) is 5.11. The molecule has 0 atom stereocenters. The minimum Gasteiger partial charge on any atom is -0.340 e. The monoisotopic (exact) mass is 498 g/mol. The van der Waals surface area contributed by atoms with E-state index in [1.165, 1.54) is 7.05 Å². The van der Waals surface area contributed by atoms with E-state index in [1.807, 2.05) is 32.1 Å². The van der Waals surface area contributed by atoms with Crippen LogP contribution in [0.3, 0.4) is 0 Å². The number of benzene rings is 1. The van der Waals surface area contributed by atoms with Gasteiger partial charge in [-0.25, -0.2) is 9.48 Å². The summed E-state index contributed by atoms with van der Waals surface area (Å²) in [5.74, 6) is 0.539. The van der Waals surface area contributed by atoms with E-state index in [0.29, 0.717) is 29.9 Å². The fourth-order valence-electron chi connectivity index (χ4n) is 4.31. The standard InChI is InChI=1S/C29H34N6O2/c1-7-9-21(8-2)22-12-10-20(11-13-22)18-35-25(31-23-14-16-30-17-15-23)24-26(32-35)34(19-29(3,4)5)28(37)33(6)27(24)36/h7-17H,18-19H2,1-6H3,(H,30,31)/b9-7-,21-8+. The van der Waals surface area contributed by atoms with Crippen LogP contribution in [0, 0.1) is 5.41 Å². The van der Waals surface area contributed by atoms with Crippen LogP contribution in [0.5, 0.6) is 0 Å². The van der Waals surface area contributed by atoms with E-state index < -0.39 is 0 Å². The predicted molar refractivity (Wildman–Crippen MR) is 150 cm³/mol. The highest BCUT2D eigenvalue weighted by molar-refractivity contribution is 5.89. The molecule has 8 heteroatoms. The lowest BCUT2D eigenvalue weighted by atomic mass is 9.97. The average molecular weight is 499 g/mol. The Morgan fingerprint density at radius 1 is 1.03 bits per heavy atom. The fraction of sp³-hybridized carbons (Fsp3) is 0.310. The molecule has 0 amide bonds. The first-order chi connectivity index (χ1) is 17.6. The second-order valence-corrected chi connectivity index (χ2v) is 10.3. The number of nitrogens with one attached hydrogen (secondary N) is 1. The van der Waals surface area contributed by atoms with Gasteiger partial charge in [-0.05, 0) is 48.1 Å². The van der Waals surface area contributed by atoms with Crippen molar-refractivity contribution in [2.45, 2.75) is 47.7 Å². The maximum Gasteiger partial charge on any atom is 0.332 e. The summed E-state index contributed by atoms with van der Waals surface area (Å²) in [6.45, 7) is 11.0.